The van der Waals surface area contributed by atoms with Crippen LogP contribution in [0.5, 0.6) is 11.5 Å². The van der Waals surface area contributed by atoms with E-state index in [9.17, 15) is 0 Å². The van der Waals surface area contributed by atoms with E-state index in [2.05, 4.69) is 36.5 Å². The van der Waals surface area contributed by atoms with Gasteiger partial charge in [0, 0.05) is 17.2 Å². The van der Waals surface area contributed by atoms with E-state index in [0.717, 1.165) is 33.0 Å². The van der Waals surface area contributed by atoms with Crippen molar-refractivity contribution in [2.24, 2.45) is 0 Å². The quantitative estimate of drug-likeness (QED) is 0.666. The Kier molecular flexibility index (Phi) is 4.39. The van der Waals surface area contributed by atoms with Crippen LogP contribution < -0.4 is 20.1 Å². The number of hydrogen-bond acceptors (Lipinski definition) is 6. The Morgan fingerprint density at radius 2 is 1.92 bits per heavy atom. The molecule has 0 unspecified atom stereocenters. The van der Waals surface area contributed by atoms with Crippen LogP contribution in [0.15, 0.2) is 59.2 Å². The molecule has 0 spiro atoms. The third-order valence-electron chi connectivity index (χ3n) is 3.68. The number of para-hydroxylation sites is 1. The fourth-order valence-corrected chi connectivity index (χ4v) is 2.83. The van der Waals surface area contributed by atoms with Crippen molar-refractivity contribution in [2.75, 3.05) is 17.4 Å². The van der Waals surface area contributed by atoms with Crippen molar-refractivity contribution < 1.29 is 9.47 Å². The van der Waals surface area contributed by atoms with Crippen molar-refractivity contribution in [1.29, 1.82) is 0 Å². The van der Waals surface area contributed by atoms with E-state index in [0.29, 0.717) is 12.5 Å². The van der Waals surface area contributed by atoms with Crippen LogP contribution >= 0.6 is 15.9 Å². The van der Waals surface area contributed by atoms with Gasteiger partial charge in [-0.05, 0) is 51.8 Å². The lowest BCUT2D eigenvalue weighted by molar-refractivity contribution is 0.174. The summed E-state index contributed by atoms with van der Waals surface area (Å²) in [4.78, 5) is 8.75. The highest BCUT2D eigenvalue weighted by molar-refractivity contribution is 9.10. The summed E-state index contributed by atoms with van der Waals surface area (Å²) in [6, 6.07) is 15.6. The summed E-state index contributed by atoms with van der Waals surface area (Å²) >= 11 is 3.51. The van der Waals surface area contributed by atoms with Crippen LogP contribution in [0.2, 0.25) is 0 Å². The lowest BCUT2D eigenvalue weighted by atomic mass is 10.2. The molecule has 2 N–H and O–H groups in total. The number of nitrogens with zero attached hydrogens (tertiary/aromatic N) is 2. The molecule has 0 fully saturated rings. The number of aromatic nitrogens is 2. The maximum Gasteiger partial charge on any atom is 0.231 e. The van der Waals surface area contributed by atoms with Gasteiger partial charge >= 0.3 is 0 Å². The molecule has 0 radical (unpaired) electrons. The van der Waals surface area contributed by atoms with Crippen LogP contribution in [0, 0.1) is 0 Å². The number of hydrogen-bond donors (Lipinski definition) is 2. The van der Waals surface area contributed by atoms with E-state index >= 15 is 0 Å². The van der Waals surface area contributed by atoms with E-state index in [1.807, 2.05) is 48.5 Å². The lowest BCUT2D eigenvalue weighted by Crippen LogP contribution is -2.05. The zero-order chi connectivity index (χ0) is 17.1. The molecule has 7 heteroatoms. The van der Waals surface area contributed by atoms with Gasteiger partial charge in [0.2, 0.25) is 12.7 Å². The van der Waals surface area contributed by atoms with Crippen LogP contribution in [-0.2, 0) is 6.54 Å². The first-order chi connectivity index (χ1) is 12.3. The number of rotatable bonds is 5. The molecular weight excluding hydrogens is 384 g/mol. The first-order valence-corrected chi connectivity index (χ1v) is 8.54. The molecule has 1 aliphatic heterocycles. The Morgan fingerprint density at radius 1 is 1.04 bits per heavy atom. The maximum absolute atomic E-state index is 5.39. The highest BCUT2D eigenvalue weighted by Gasteiger charge is 2.13. The summed E-state index contributed by atoms with van der Waals surface area (Å²) in [5.41, 5.74) is 2.01. The summed E-state index contributed by atoms with van der Waals surface area (Å²) in [5.74, 6) is 2.81. The van der Waals surface area contributed by atoms with Gasteiger partial charge in [0.05, 0.1) is 5.69 Å². The van der Waals surface area contributed by atoms with Crippen molar-refractivity contribution in [3.63, 3.8) is 0 Å². The van der Waals surface area contributed by atoms with E-state index in [1.165, 1.54) is 0 Å². The summed E-state index contributed by atoms with van der Waals surface area (Å²) in [6.07, 6.45) is 1.72. The van der Waals surface area contributed by atoms with Crippen molar-refractivity contribution in [2.45, 2.75) is 6.54 Å². The highest BCUT2D eigenvalue weighted by Crippen LogP contribution is 2.32. The molecule has 126 valence electrons. The number of anilines is 3. The SMILES string of the molecule is Brc1ccccc1Nc1ccnc(NCc2ccc3c(c2)OCO3)n1. The maximum atomic E-state index is 5.39. The number of halogens is 1. The van der Waals surface area contributed by atoms with Crippen LogP contribution in [-0.4, -0.2) is 16.8 Å². The number of ether oxygens (including phenoxy) is 2. The second-order valence-corrected chi connectivity index (χ2v) is 6.27. The van der Waals surface area contributed by atoms with Gasteiger partial charge in [-0.3, -0.25) is 0 Å². The van der Waals surface area contributed by atoms with E-state index in [-0.39, 0.29) is 6.79 Å². The molecule has 4 rings (SSSR count). The Balaban J connectivity index is 1.44. The molecule has 6 nitrogen and oxygen atoms in total. The molecular formula is C18H15BrN4O2. The third-order valence-corrected chi connectivity index (χ3v) is 4.37. The number of benzene rings is 2. The Labute approximate surface area is 153 Å². The summed E-state index contributed by atoms with van der Waals surface area (Å²) in [6.45, 7) is 0.868. The van der Waals surface area contributed by atoms with Gasteiger partial charge in [0.25, 0.3) is 0 Å². The molecule has 25 heavy (non-hydrogen) atoms. The molecule has 1 aromatic heterocycles. The first kappa shape index (κ1) is 15.7. The second-order valence-electron chi connectivity index (χ2n) is 5.41. The third kappa shape index (κ3) is 3.66. The smallest absolute Gasteiger partial charge is 0.231 e. The molecule has 0 atom stereocenters. The minimum Gasteiger partial charge on any atom is -0.454 e. The first-order valence-electron chi connectivity index (χ1n) is 7.75. The Bertz CT molecular complexity index is 904. The average Bonchev–Trinajstić information content (AvgIpc) is 3.10. The van der Waals surface area contributed by atoms with E-state index in [4.69, 9.17) is 9.47 Å². The zero-order valence-corrected chi connectivity index (χ0v) is 14.8. The standard InChI is InChI=1S/C18H15BrN4O2/c19-13-3-1-2-4-14(13)22-17-7-8-20-18(23-17)21-10-12-5-6-15-16(9-12)25-11-24-15/h1-9H,10-11H2,(H2,20,21,22,23). The van der Waals surface area contributed by atoms with Gasteiger partial charge in [0.15, 0.2) is 11.5 Å². The van der Waals surface area contributed by atoms with Gasteiger partial charge in [-0.15, -0.1) is 0 Å². The molecule has 1 aliphatic rings. The molecule has 0 bridgehead atoms. The average molecular weight is 399 g/mol. The molecule has 2 aromatic carbocycles. The molecule has 3 aromatic rings. The fraction of sp³-hybridized carbons (Fsp3) is 0.111. The molecule has 0 aliphatic carbocycles. The molecule has 2 heterocycles. The van der Waals surface area contributed by atoms with Gasteiger partial charge in [-0.1, -0.05) is 18.2 Å². The predicted octanol–water partition coefficient (Wildman–Crippen LogP) is 4.32. The van der Waals surface area contributed by atoms with E-state index in [1.54, 1.807) is 6.20 Å². The van der Waals surface area contributed by atoms with Crippen molar-refractivity contribution in [1.82, 2.24) is 9.97 Å². The van der Waals surface area contributed by atoms with Gasteiger partial charge < -0.3 is 20.1 Å². The zero-order valence-electron chi connectivity index (χ0n) is 13.2. The molecule has 0 saturated carbocycles. The highest BCUT2D eigenvalue weighted by atomic mass is 79.9. The largest absolute Gasteiger partial charge is 0.454 e. The number of nitrogens with one attached hydrogen (secondary N) is 2. The second kappa shape index (κ2) is 6.98. The van der Waals surface area contributed by atoms with Gasteiger partial charge in [-0.2, -0.15) is 4.98 Å². The van der Waals surface area contributed by atoms with Crippen LogP contribution in [0.3, 0.4) is 0 Å². The Morgan fingerprint density at radius 3 is 2.84 bits per heavy atom. The fourth-order valence-electron chi connectivity index (χ4n) is 2.45. The molecule has 0 saturated heterocycles. The molecule has 0 amide bonds. The van der Waals surface area contributed by atoms with Crippen LogP contribution in [0.4, 0.5) is 17.5 Å². The van der Waals surface area contributed by atoms with Crippen molar-refractivity contribution in [3.05, 3.63) is 64.8 Å². The topological polar surface area (TPSA) is 68.3 Å². The Hall–Kier alpha value is -2.80. The minimum atomic E-state index is 0.276. The van der Waals surface area contributed by atoms with E-state index < -0.39 is 0 Å². The number of fused-ring (bicyclic) bond motifs is 1. The normalized spacial score (nSPS) is 12.0. The minimum absolute atomic E-state index is 0.276. The summed E-state index contributed by atoms with van der Waals surface area (Å²) in [5, 5.41) is 6.49. The van der Waals surface area contributed by atoms with Crippen LogP contribution in [0.1, 0.15) is 5.56 Å². The van der Waals surface area contributed by atoms with Crippen molar-refractivity contribution >= 4 is 33.4 Å². The summed E-state index contributed by atoms with van der Waals surface area (Å²) < 4.78 is 11.7. The monoisotopic (exact) mass is 398 g/mol. The van der Waals surface area contributed by atoms with Gasteiger partial charge in [-0.25, -0.2) is 4.98 Å². The van der Waals surface area contributed by atoms with Crippen LogP contribution in [0.25, 0.3) is 0 Å². The van der Waals surface area contributed by atoms with Gasteiger partial charge in [0.1, 0.15) is 5.82 Å². The van der Waals surface area contributed by atoms with Crippen molar-refractivity contribution in [3.8, 4) is 11.5 Å². The lowest BCUT2D eigenvalue weighted by Gasteiger charge is -2.10. The summed E-state index contributed by atoms with van der Waals surface area (Å²) in [7, 11) is 0. The predicted molar refractivity (Wildman–Crippen MR) is 99.3 cm³/mol.